The van der Waals surface area contributed by atoms with Gasteiger partial charge < -0.3 is 16.0 Å². The molecule has 1 aromatic carbocycles. The van der Waals surface area contributed by atoms with Crippen LogP contribution in [0.25, 0.3) is 11.1 Å². The number of fused-ring (bicyclic) bond motifs is 1. The Morgan fingerprint density at radius 3 is 2.86 bits per heavy atom. The minimum absolute atomic E-state index is 0.0542. The first-order valence-corrected chi connectivity index (χ1v) is 9.91. The number of rotatable bonds is 5. The van der Waals surface area contributed by atoms with E-state index in [9.17, 15) is 4.79 Å². The Morgan fingerprint density at radius 2 is 2.14 bits per heavy atom. The minimum Gasteiger partial charge on any atom is -0.363 e. The first kappa shape index (κ1) is 19.1. The minimum atomic E-state index is 0.0542. The first-order valence-electron chi connectivity index (χ1n) is 9.91. The van der Waals surface area contributed by atoms with E-state index in [0.29, 0.717) is 13.1 Å². The topological polar surface area (TPSA) is 89.1 Å². The second-order valence-corrected chi connectivity index (χ2v) is 7.44. The standard InChI is InChI=1S/C22H26N6O/c1-15-11-20(26-22-5-3-4-9-24-22)19-12-17(6-7-21(19)28(15)16(2)29)18-13-25-27(14-18)10-8-23/h3-7,9,12-15,20H,8,10-11,23H2,1-2H3,(H,24,26). The first-order chi connectivity index (χ1) is 14.1. The summed E-state index contributed by atoms with van der Waals surface area (Å²) in [5.74, 6) is 0.881. The number of carbonyl (C=O) groups is 1. The van der Waals surface area contributed by atoms with Crippen LogP contribution in [0.2, 0.25) is 0 Å². The molecular formula is C22H26N6O. The van der Waals surface area contributed by atoms with Gasteiger partial charge in [-0.1, -0.05) is 12.1 Å². The van der Waals surface area contributed by atoms with Gasteiger partial charge in [0.2, 0.25) is 5.91 Å². The Bertz CT molecular complexity index is 1000. The smallest absolute Gasteiger partial charge is 0.224 e. The number of nitrogens with one attached hydrogen (secondary N) is 1. The Labute approximate surface area is 170 Å². The molecule has 0 saturated heterocycles. The largest absolute Gasteiger partial charge is 0.363 e. The van der Waals surface area contributed by atoms with E-state index in [1.165, 1.54) is 0 Å². The third kappa shape index (κ3) is 3.86. The van der Waals surface area contributed by atoms with Crippen molar-refractivity contribution in [3.8, 4) is 11.1 Å². The summed E-state index contributed by atoms with van der Waals surface area (Å²) in [5, 5.41) is 7.93. The van der Waals surface area contributed by atoms with E-state index in [-0.39, 0.29) is 18.0 Å². The van der Waals surface area contributed by atoms with Gasteiger partial charge in [0.1, 0.15) is 5.82 Å². The van der Waals surface area contributed by atoms with Crippen LogP contribution in [0.5, 0.6) is 0 Å². The van der Waals surface area contributed by atoms with E-state index in [0.717, 1.165) is 34.6 Å². The number of benzene rings is 1. The fourth-order valence-corrected chi connectivity index (χ4v) is 4.05. The third-order valence-electron chi connectivity index (χ3n) is 5.33. The molecule has 0 spiro atoms. The molecule has 0 radical (unpaired) electrons. The van der Waals surface area contributed by atoms with Crippen LogP contribution in [-0.4, -0.2) is 33.3 Å². The number of hydrogen-bond donors (Lipinski definition) is 2. The number of pyridine rings is 1. The van der Waals surface area contributed by atoms with Crippen molar-refractivity contribution in [3.05, 3.63) is 60.6 Å². The maximum absolute atomic E-state index is 12.3. The van der Waals surface area contributed by atoms with Crippen molar-refractivity contribution in [2.75, 3.05) is 16.8 Å². The van der Waals surface area contributed by atoms with Gasteiger partial charge in [-0.05, 0) is 48.7 Å². The molecule has 2 atom stereocenters. The molecule has 7 nitrogen and oxygen atoms in total. The normalized spacial score (nSPS) is 18.4. The fraction of sp³-hybridized carbons (Fsp3) is 0.318. The Balaban J connectivity index is 1.74. The van der Waals surface area contributed by atoms with Gasteiger partial charge in [-0.3, -0.25) is 9.48 Å². The van der Waals surface area contributed by atoms with Crippen LogP contribution in [-0.2, 0) is 11.3 Å². The number of hydrogen-bond acceptors (Lipinski definition) is 5. The third-order valence-corrected chi connectivity index (χ3v) is 5.33. The van der Waals surface area contributed by atoms with Gasteiger partial charge in [-0.2, -0.15) is 5.10 Å². The van der Waals surface area contributed by atoms with Crippen LogP contribution < -0.4 is 16.0 Å². The van der Waals surface area contributed by atoms with Gasteiger partial charge >= 0.3 is 0 Å². The highest BCUT2D eigenvalue weighted by atomic mass is 16.2. The second-order valence-electron chi connectivity index (χ2n) is 7.44. The Kier molecular flexibility index (Phi) is 5.31. The highest BCUT2D eigenvalue weighted by molar-refractivity contribution is 5.94. The second kappa shape index (κ2) is 8.05. The van der Waals surface area contributed by atoms with Crippen LogP contribution in [0, 0.1) is 0 Å². The van der Waals surface area contributed by atoms with E-state index in [1.54, 1.807) is 13.1 Å². The highest BCUT2D eigenvalue weighted by Crippen LogP contribution is 2.40. The molecular weight excluding hydrogens is 364 g/mol. The molecule has 4 rings (SSSR count). The zero-order valence-electron chi connectivity index (χ0n) is 16.7. The molecule has 3 N–H and O–H groups in total. The molecule has 2 aromatic heterocycles. The zero-order chi connectivity index (χ0) is 20.4. The van der Waals surface area contributed by atoms with Gasteiger partial charge in [0, 0.05) is 43.2 Å². The van der Waals surface area contributed by atoms with E-state index < -0.39 is 0 Å². The zero-order valence-corrected chi connectivity index (χ0v) is 16.7. The van der Waals surface area contributed by atoms with Crippen molar-refractivity contribution in [1.29, 1.82) is 0 Å². The Morgan fingerprint density at radius 1 is 1.28 bits per heavy atom. The SMILES string of the molecule is CC(=O)N1c2ccc(-c3cnn(CCN)c3)cc2C(Nc2ccccn2)CC1C. The fourth-order valence-electron chi connectivity index (χ4n) is 4.05. The van der Waals surface area contributed by atoms with Gasteiger partial charge in [0.15, 0.2) is 0 Å². The molecule has 1 amide bonds. The Hall–Kier alpha value is -3.19. The lowest BCUT2D eigenvalue weighted by atomic mass is 9.89. The summed E-state index contributed by atoms with van der Waals surface area (Å²) in [4.78, 5) is 18.6. The molecule has 0 aliphatic carbocycles. The predicted octanol–water partition coefficient (Wildman–Crippen LogP) is 3.20. The average Bonchev–Trinajstić information content (AvgIpc) is 3.17. The molecule has 7 heteroatoms. The van der Waals surface area contributed by atoms with E-state index in [1.807, 2.05) is 46.2 Å². The molecule has 0 saturated carbocycles. The molecule has 1 aliphatic heterocycles. The molecule has 1 aliphatic rings. The van der Waals surface area contributed by atoms with E-state index >= 15 is 0 Å². The average molecular weight is 390 g/mol. The van der Waals surface area contributed by atoms with Gasteiger partial charge in [0.05, 0.1) is 18.8 Å². The molecule has 0 fully saturated rings. The predicted molar refractivity (Wildman–Crippen MR) is 115 cm³/mol. The number of anilines is 2. The number of nitrogens with zero attached hydrogens (tertiary/aromatic N) is 4. The van der Waals surface area contributed by atoms with Crippen molar-refractivity contribution < 1.29 is 4.79 Å². The number of aromatic nitrogens is 3. The summed E-state index contributed by atoms with van der Waals surface area (Å²) in [5.41, 5.74) is 9.77. The maximum Gasteiger partial charge on any atom is 0.224 e. The lowest BCUT2D eigenvalue weighted by Gasteiger charge is -2.39. The molecule has 29 heavy (non-hydrogen) atoms. The van der Waals surface area contributed by atoms with Crippen LogP contribution >= 0.6 is 0 Å². The van der Waals surface area contributed by atoms with E-state index in [2.05, 4.69) is 34.5 Å². The number of carbonyl (C=O) groups excluding carboxylic acids is 1. The van der Waals surface area contributed by atoms with Crippen molar-refractivity contribution in [3.63, 3.8) is 0 Å². The summed E-state index contributed by atoms with van der Waals surface area (Å²) in [6.45, 7) is 4.94. The van der Waals surface area contributed by atoms with Gasteiger partial charge in [-0.25, -0.2) is 4.98 Å². The van der Waals surface area contributed by atoms with Crippen molar-refractivity contribution in [1.82, 2.24) is 14.8 Å². The lowest BCUT2D eigenvalue weighted by molar-refractivity contribution is -0.117. The molecule has 3 aromatic rings. The van der Waals surface area contributed by atoms with Gasteiger partial charge in [0.25, 0.3) is 0 Å². The monoisotopic (exact) mass is 390 g/mol. The van der Waals surface area contributed by atoms with Gasteiger partial charge in [-0.15, -0.1) is 0 Å². The number of nitrogens with two attached hydrogens (primary N) is 1. The maximum atomic E-state index is 12.3. The number of amides is 1. The summed E-state index contributed by atoms with van der Waals surface area (Å²) < 4.78 is 1.85. The lowest BCUT2D eigenvalue weighted by Crippen LogP contribution is -2.43. The molecule has 3 heterocycles. The van der Waals surface area contributed by atoms with Crippen LogP contribution in [0.4, 0.5) is 11.5 Å². The summed E-state index contributed by atoms with van der Waals surface area (Å²) in [6, 6.07) is 12.2. The van der Waals surface area contributed by atoms with E-state index in [4.69, 9.17) is 5.73 Å². The van der Waals surface area contributed by atoms with Crippen LogP contribution in [0.1, 0.15) is 31.9 Å². The van der Waals surface area contributed by atoms with Crippen molar-refractivity contribution in [2.24, 2.45) is 5.73 Å². The summed E-state index contributed by atoms with van der Waals surface area (Å²) in [6.07, 6.45) is 6.44. The van der Waals surface area contributed by atoms with Crippen LogP contribution in [0.3, 0.4) is 0 Å². The molecule has 2 unspecified atom stereocenters. The van der Waals surface area contributed by atoms with Crippen molar-refractivity contribution in [2.45, 2.75) is 38.9 Å². The molecule has 0 bridgehead atoms. The highest BCUT2D eigenvalue weighted by Gasteiger charge is 2.32. The summed E-state index contributed by atoms with van der Waals surface area (Å²) >= 11 is 0. The molecule has 150 valence electrons. The van der Waals surface area contributed by atoms with Crippen LogP contribution in [0.15, 0.2) is 55.0 Å². The quantitative estimate of drug-likeness (QED) is 0.698. The van der Waals surface area contributed by atoms with Crippen molar-refractivity contribution >= 4 is 17.4 Å². The summed E-state index contributed by atoms with van der Waals surface area (Å²) in [7, 11) is 0.